The fourth-order valence-corrected chi connectivity index (χ4v) is 1.74. The van der Waals surface area contributed by atoms with Crippen LogP contribution in [0.1, 0.15) is 19.5 Å². The van der Waals surface area contributed by atoms with Crippen molar-refractivity contribution in [3.8, 4) is 6.19 Å². The maximum atomic E-state index is 8.55. The molecule has 0 bridgehead atoms. The Balaban J connectivity index is 2.03. The van der Waals surface area contributed by atoms with Gasteiger partial charge in [0, 0.05) is 29.9 Å². The maximum Gasteiger partial charge on any atom is 0.182 e. The first kappa shape index (κ1) is 12.9. The molecule has 0 saturated heterocycles. The van der Waals surface area contributed by atoms with Crippen molar-refractivity contribution < 1.29 is 0 Å². The zero-order chi connectivity index (χ0) is 13.7. The summed E-state index contributed by atoms with van der Waals surface area (Å²) >= 11 is 0. The zero-order valence-corrected chi connectivity index (χ0v) is 10.9. The number of hydrogen-bond donors (Lipinski definition) is 3. The molecule has 0 unspecified atom stereocenters. The Hall–Kier alpha value is -2.55. The van der Waals surface area contributed by atoms with Crippen LogP contribution < -0.4 is 10.6 Å². The summed E-state index contributed by atoms with van der Waals surface area (Å²) in [5.41, 5.74) is 1.11. The molecule has 0 atom stereocenters. The van der Waals surface area contributed by atoms with Crippen molar-refractivity contribution in [2.75, 3.05) is 17.2 Å². The molecule has 3 N–H and O–H groups in total. The minimum atomic E-state index is -0.0444. The third-order valence-electron chi connectivity index (χ3n) is 2.89. The fourth-order valence-electron chi connectivity index (χ4n) is 1.74. The SMILES string of the molecule is CC(C)(CNc1cc(NC#N)ncn1)c1ccc[nH]1. The molecule has 6 heteroatoms. The van der Waals surface area contributed by atoms with E-state index in [4.69, 9.17) is 5.26 Å². The van der Waals surface area contributed by atoms with E-state index in [1.807, 2.05) is 18.5 Å². The van der Waals surface area contributed by atoms with Crippen molar-refractivity contribution in [2.45, 2.75) is 19.3 Å². The van der Waals surface area contributed by atoms with Crippen molar-refractivity contribution in [3.63, 3.8) is 0 Å². The first-order chi connectivity index (χ1) is 9.12. The van der Waals surface area contributed by atoms with E-state index in [2.05, 4.69) is 45.5 Å². The second-order valence-corrected chi connectivity index (χ2v) is 4.85. The lowest BCUT2D eigenvalue weighted by Crippen LogP contribution is -2.28. The van der Waals surface area contributed by atoms with Crippen LogP contribution in [-0.4, -0.2) is 21.5 Å². The van der Waals surface area contributed by atoms with Gasteiger partial charge in [-0.15, -0.1) is 0 Å². The van der Waals surface area contributed by atoms with Crippen molar-refractivity contribution in [1.82, 2.24) is 15.0 Å². The first-order valence-electron chi connectivity index (χ1n) is 5.97. The van der Waals surface area contributed by atoms with Gasteiger partial charge in [-0.3, -0.25) is 5.32 Å². The predicted octanol–water partition coefficient (Wildman–Crippen LogP) is 2.09. The highest BCUT2D eigenvalue weighted by Gasteiger charge is 2.21. The molecule has 0 fully saturated rings. The van der Waals surface area contributed by atoms with Gasteiger partial charge in [-0.2, -0.15) is 5.26 Å². The molecular weight excluding hydrogens is 240 g/mol. The minimum Gasteiger partial charge on any atom is -0.369 e. The van der Waals surface area contributed by atoms with E-state index >= 15 is 0 Å². The van der Waals surface area contributed by atoms with E-state index in [1.165, 1.54) is 6.33 Å². The maximum absolute atomic E-state index is 8.55. The van der Waals surface area contributed by atoms with E-state index in [0.29, 0.717) is 11.6 Å². The number of aromatic nitrogens is 3. The summed E-state index contributed by atoms with van der Waals surface area (Å²) < 4.78 is 0. The number of nitrogens with zero attached hydrogens (tertiary/aromatic N) is 3. The predicted molar refractivity (Wildman–Crippen MR) is 73.6 cm³/mol. The minimum absolute atomic E-state index is 0.0444. The molecule has 19 heavy (non-hydrogen) atoms. The van der Waals surface area contributed by atoms with Crippen LogP contribution in [0.4, 0.5) is 11.6 Å². The molecule has 0 aliphatic carbocycles. The lowest BCUT2D eigenvalue weighted by molar-refractivity contribution is 0.541. The van der Waals surface area contributed by atoms with Crippen molar-refractivity contribution in [1.29, 1.82) is 5.26 Å². The van der Waals surface area contributed by atoms with Gasteiger partial charge in [0.25, 0.3) is 0 Å². The second-order valence-electron chi connectivity index (χ2n) is 4.85. The summed E-state index contributed by atoms with van der Waals surface area (Å²) in [4.78, 5) is 11.3. The third-order valence-corrected chi connectivity index (χ3v) is 2.89. The molecule has 0 aromatic carbocycles. The lowest BCUT2D eigenvalue weighted by atomic mass is 9.89. The summed E-state index contributed by atoms with van der Waals surface area (Å²) in [6.45, 7) is 5.00. The quantitative estimate of drug-likeness (QED) is 0.563. The Morgan fingerprint density at radius 3 is 2.84 bits per heavy atom. The summed E-state index contributed by atoms with van der Waals surface area (Å²) in [6, 6.07) is 5.75. The van der Waals surface area contributed by atoms with Crippen LogP contribution in [0, 0.1) is 11.5 Å². The molecule has 0 saturated carbocycles. The molecule has 0 radical (unpaired) electrons. The fraction of sp³-hybridized carbons (Fsp3) is 0.308. The van der Waals surface area contributed by atoms with Crippen molar-refractivity contribution >= 4 is 11.6 Å². The molecule has 2 aromatic heterocycles. The first-order valence-corrected chi connectivity index (χ1v) is 5.97. The Labute approximate surface area is 111 Å². The Bertz CT molecular complexity index is 567. The second kappa shape index (κ2) is 5.40. The monoisotopic (exact) mass is 256 g/mol. The molecule has 6 nitrogen and oxygen atoms in total. The molecule has 98 valence electrons. The normalized spacial score (nSPS) is 10.8. The van der Waals surface area contributed by atoms with Gasteiger partial charge in [0.1, 0.15) is 18.0 Å². The molecule has 2 heterocycles. The van der Waals surface area contributed by atoms with E-state index in [1.54, 1.807) is 6.07 Å². The van der Waals surface area contributed by atoms with Crippen LogP contribution in [0.25, 0.3) is 0 Å². The topological polar surface area (TPSA) is 89.4 Å². The molecule has 2 rings (SSSR count). The average molecular weight is 256 g/mol. The van der Waals surface area contributed by atoms with Gasteiger partial charge >= 0.3 is 0 Å². The number of hydrogen-bond acceptors (Lipinski definition) is 5. The molecule has 0 spiro atoms. The van der Waals surface area contributed by atoms with Gasteiger partial charge in [-0.05, 0) is 12.1 Å². The largest absolute Gasteiger partial charge is 0.369 e. The van der Waals surface area contributed by atoms with Crippen LogP contribution in [0.15, 0.2) is 30.7 Å². The number of aromatic amines is 1. The van der Waals surface area contributed by atoms with Gasteiger partial charge in [0.05, 0.1) is 0 Å². The number of nitriles is 1. The Morgan fingerprint density at radius 2 is 2.16 bits per heavy atom. The summed E-state index contributed by atoms with van der Waals surface area (Å²) in [5, 5.41) is 14.3. The van der Waals surface area contributed by atoms with Gasteiger partial charge in [-0.1, -0.05) is 13.8 Å². The highest BCUT2D eigenvalue weighted by atomic mass is 15.1. The summed E-state index contributed by atoms with van der Waals surface area (Å²) in [6.07, 6.45) is 5.17. The van der Waals surface area contributed by atoms with Gasteiger partial charge in [0.15, 0.2) is 6.19 Å². The highest BCUT2D eigenvalue weighted by Crippen LogP contribution is 2.21. The number of H-pyrrole nitrogens is 1. The molecule has 0 aliphatic heterocycles. The van der Waals surface area contributed by atoms with Gasteiger partial charge < -0.3 is 10.3 Å². The van der Waals surface area contributed by atoms with Crippen LogP contribution >= 0.6 is 0 Å². The van der Waals surface area contributed by atoms with Crippen LogP contribution in [-0.2, 0) is 5.41 Å². The van der Waals surface area contributed by atoms with Crippen molar-refractivity contribution in [2.24, 2.45) is 0 Å². The molecule has 0 amide bonds. The number of rotatable bonds is 5. The number of anilines is 2. The zero-order valence-electron chi connectivity index (χ0n) is 10.9. The van der Waals surface area contributed by atoms with E-state index < -0.39 is 0 Å². The van der Waals surface area contributed by atoms with Gasteiger partial charge in [0.2, 0.25) is 0 Å². The Kier molecular flexibility index (Phi) is 3.66. The van der Waals surface area contributed by atoms with Crippen LogP contribution in [0.5, 0.6) is 0 Å². The van der Waals surface area contributed by atoms with Gasteiger partial charge in [-0.25, -0.2) is 9.97 Å². The average Bonchev–Trinajstić information content (AvgIpc) is 2.92. The lowest BCUT2D eigenvalue weighted by Gasteiger charge is -2.24. The summed E-state index contributed by atoms with van der Waals surface area (Å²) in [7, 11) is 0. The van der Waals surface area contributed by atoms with E-state index in [0.717, 1.165) is 12.2 Å². The van der Waals surface area contributed by atoms with Crippen LogP contribution in [0.3, 0.4) is 0 Å². The highest BCUT2D eigenvalue weighted by molar-refractivity contribution is 5.48. The van der Waals surface area contributed by atoms with E-state index in [-0.39, 0.29) is 5.41 Å². The molecular formula is C13H16N6. The van der Waals surface area contributed by atoms with Crippen LogP contribution in [0.2, 0.25) is 0 Å². The standard InChI is InChI=1S/C13H16N6/c1-13(2,10-4-3-5-15-10)7-16-11-6-12(17-8-14)19-9-18-11/h3-6,9,15H,7H2,1-2H3,(H2,16,17,18,19). The molecule has 0 aliphatic rings. The number of nitrogens with one attached hydrogen (secondary N) is 3. The Morgan fingerprint density at radius 1 is 1.37 bits per heavy atom. The smallest absolute Gasteiger partial charge is 0.182 e. The van der Waals surface area contributed by atoms with Crippen molar-refractivity contribution in [3.05, 3.63) is 36.4 Å². The third kappa shape index (κ3) is 3.22. The summed E-state index contributed by atoms with van der Waals surface area (Å²) in [5.74, 6) is 1.17. The van der Waals surface area contributed by atoms with E-state index in [9.17, 15) is 0 Å². The molecule has 2 aromatic rings.